The van der Waals surface area contributed by atoms with E-state index in [9.17, 15) is 4.79 Å². The van der Waals surface area contributed by atoms with Gasteiger partial charge in [-0.15, -0.1) is 0 Å². The molecule has 11 heavy (non-hydrogen) atoms. The van der Waals surface area contributed by atoms with E-state index in [1.54, 1.807) is 0 Å². The SMILES string of the molecule is CC(CN=C=O)c1ccc[nH]1. The molecule has 1 aromatic heterocycles. The average Bonchev–Trinajstić information content (AvgIpc) is 2.52. The first-order valence-corrected chi connectivity index (χ1v) is 3.51. The topological polar surface area (TPSA) is 45.2 Å². The van der Waals surface area contributed by atoms with Crippen molar-refractivity contribution < 1.29 is 4.79 Å². The maximum absolute atomic E-state index is 9.78. The molecule has 3 nitrogen and oxygen atoms in total. The highest BCUT2D eigenvalue weighted by Gasteiger charge is 2.03. The minimum Gasteiger partial charge on any atom is -0.365 e. The number of isocyanates is 1. The zero-order valence-corrected chi connectivity index (χ0v) is 6.37. The van der Waals surface area contributed by atoms with E-state index in [1.807, 2.05) is 25.3 Å². The predicted octanol–water partition coefficient (Wildman–Crippen LogP) is 1.45. The van der Waals surface area contributed by atoms with E-state index in [4.69, 9.17) is 0 Å². The Morgan fingerprint density at radius 1 is 1.82 bits per heavy atom. The Morgan fingerprint density at radius 2 is 2.64 bits per heavy atom. The highest BCUT2D eigenvalue weighted by atomic mass is 16.1. The normalized spacial score (nSPS) is 12.1. The molecule has 1 aromatic rings. The van der Waals surface area contributed by atoms with Crippen LogP contribution in [0.4, 0.5) is 0 Å². The second-order valence-electron chi connectivity index (χ2n) is 2.46. The maximum atomic E-state index is 9.78. The van der Waals surface area contributed by atoms with E-state index in [2.05, 4.69) is 9.98 Å². The molecule has 0 bridgehead atoms. The van der Waals surface area contributed by atoms with Crippen LogP contribution in [-0.2, 0) is 4.79 Å². The summed E-state index contributed by atoms with van der Waals surface area (Å²) in [5.74, 6) is 0.270. The van der Waals surface area contributed by atoms with E-state index in [0.29, 0.717) is 6.54 Å². The Bertz CT molecular complexity index is 247. The van der Waals surface area contributed by atoms with Crippen molar-refractivity contribution in [1.29, 1.82) is 0 Å². The van der Waals surface area contributed by atoms with Crippen LogP contribution in [0.3, 0.4) is 0 Å². The molecular weight excluding hydrogens is 140 g/mol. The van der Waals surface area contributed by atoms with Gasteiger partial charge in [0, 0.05) is 17.8 Å². The number of hydrogen-bond donors (Lipinski definition) is 1. The number of hydrogen-bond acceptors (Lipinski definition) is 2. The molecule has 1 heterocycles. The summed E-state index contributed by atoms with van der Waals surface area (Å²) < 4.78 is 0. The summed E-state index contributed by atoms with van der Waals surface area (Å²) in [5, 5.41) is 0. The second-order valence-corrected chi connectivity index (χ2v) is 2.46. The van der Waals surface area contributed by atoms with Gasteiger partial charge in [0.2, 0.25) is 6.08 Å². The van der Waals surface area contributed by atoms with Gasteiger partial charge in [0.1, 0.15) is 0 Å². The van der Waals surface area contributed by atoms with Crippen LogP contribution in [-0.4, -0.2) is 17.6 Å². The van der Waals surface area contributed by atoms with Crippen molar-refractivity contribution in [2.24, 2.45) is 4.99 Å². The van der Waals surface area contributed by atoms with Crippen LogP contribution in [0.15, 0.2) is 23.3 Å². The summed E-state index contributed by atoms with van der Waals surface area (Å²) in [6, 6.07) is 3.90. The Morgan fingerprint density at radius 3 is 3.18 bits per heavy atom. The average molecular weight is 150 g/mol. The molecule has 1 atom stereocenters. The monoisotopic (exact) mass is 150 g/mol. The highest BCUT2D eigenvalue weighted by Crippen LogP contribution is 2.11. The number of nitrogens with zero attached hydrogens (tertiary/aromatic N) is 1. The zero-order chi connectivity index (χ0) is 8.10. The Labute approximate surface area is 65.2 Å². The molecule has 1 unspecified atom stereocenters. The van der Waals surface area contributed by atoms with Crippen molar-refractivity contribution in [3.8, 4) is 0 Å². The molecule has 1 rings (SSSR count). The van der Waals surface area contributed by atoms with Crippen molar-refractivity contribution in [2.75, 3.05) is 6.54 Å². The van der Waals surface area contributed by atoms with Crippen LogP contribution in [0.25, 0.3) is 0 Å². The van der Waals surface area contributed by atoms with Gasteiger partial charge in [0.25, 0.3) is 0 Å². The number of aromatic nitrogens is 1. The van der Waals surface area contributed by atoms with Crippen molar-refractivity contribution in [3.05, 3.63) is 24.0 Å². The molecule has 0 radical (unpaired) electrons. The molecule has 1 N–H and O–H groups in total. The molecule has 0 amide bonds. The lowest BCUT2D eigenvalue weighted by atomic mass is 10.1. The minimum atomic E-state index is 0.270. The molecule has 0 aliphatic heterocycles. The zero-order valence-electron chi connectivity index (χ0n) is 6.37. The van der Waals surface area contributed by atoms with E-state index >= 15 is 0 Å². The number of nitrogens with one attached hydrogen (secondary N) is 1. The molecule has 0 spiro atoms. The summed E-state index contributed by atoms with van der Waals surface area (Å²) in [4.78, 5) is 16.3. The fraction of sp³-hybridized carbons (Fsp3) is 0.375. The smallest absolute Gasteiger partial charge is 0.234 e. The van der Waals surface area contributed by atoms with Crippen molar-refractivity contribution in [3.63, 3.8) is 0 Å². The fourth-order valence-electron chi connectivity index (χ4n) is 0.923. The number of H-pyrrole nitrogens is 1. The van der Waals surface area contributed by atoms with Crippen molar-refractivity contribution >= 4 is 6.08 Å². The largest absolute Gasteiger partial charge is 0.365 e. The molecule has 0 saturated carbocycles. The van der Waals surface area contributed by atoms with Gasteiger partial charge in [-0.05, 0) is 12.1 Å². The number of aromatic amines is 1. The maximum Gasteiger partial charge on any atom is 0.234 e. The first-order chi connectivity index (χ1) is 5.34. The van der Waals surface area contributed by atoms with Crippen LogP contribution in [0.1, 0.15) is 18.5 Å². The molecule has 0 fully saturated rings. The van der Waals surface area contributed by atoms with Gasteiger partial charge >= 0.3 is 0 Å². The highest BCUT2D eigenvalue weighted by molar-refractivity contribution is 5.33. The number of rotatable bonds is 3. The molecule has 3 heteroatoms. The lowest BCUT2D eigenvalue weighted by molar-refractivity contribution is 0.561. The summed E-state index contributed by atoms with van der Waals surface area (Å²) in [6.07, 6.45) is 3.38. The first kappa shape index (κ1) is 7.76. The summed E-state index contributed by atoms with van der Waals surface area (Å²) in [7, 11) is 0. The Hall–Kier alpha value is -1.34. The summed E-state index contributed by atoms with van der Waals surface area (Å²) in [6.45, 7) is 2.51. The molecule has 58 valence electrons. The third-order valence-electron chi connectivity index (χ3n) is 1.58. The molecular formula is C8H10N2O. The van der Waals surface area contributed by atoms with Crippen LogP contribution in [0.5, 0.6) is 0 Å². The van der Waals surface area contributed by atoms with Crippen molar-refractivity contribution in [1.82, 2.24) is 4.98 Å². The second kappa shape index (κ2) is 3.74. The van der Waals surface area contributed by atoms with Gasteiger partial charge in [-0.1, -0.05) is 6.92 Å². The van der Waals surface area contributed by atoms with Gasteiger partial charge in [0.15, 0.2) is 0 Å². The third-order valence-corrected chi connectivity index (χ3v) is 1.58. The van der Waals surface area contributed by atoms with Gasteiger partial charge in [0.05, 0.1) is 6.54 Å². The molecule has 0 aliphatic rings. The van der Waals surface area contributed by atoms with Crippen LogP contribution in [0.2, 0.25) is 0 Å². The fourth-order valence-corrected chi connectivity index (χ4v) is 0.923. The first-order valence-electron chi connectivity index (χ1n) is 3.51. The van der Waals surface area contributed by atoms with Crippen LogP contribution < -0.4 is 0 Å². The van der Waals surface area contributed by atoms with Crippen molar-refractivity contribution in [2.45, 2.75) is 12.8 Å². The number of carbonyl (C=O) groups excluding carboxylic acids is 1. The van der Waals surface area contributed by atoms with E-state index in [0.717, 1.165) is 5.69 Å². The van der Waals surface area contributed by atoms with Gasteiger partial charge < -0.3 is 4.98 Å². The number of aliphatic imine (C=N–C) groups is 1. The van der Waals surface area contributed by atoms with Gasteiger partial charge in [-0.3, -0.25) is 0 Å². The predicted molar refractivity (Wildman–Crippen MR) is 42.2 cm³/mol. The van der Waals surface area contributed by atoms with E-state index in [-0.39, 0.29) is 5.92 Å². The quantitative estimate of drug-likeness (QED) is 0.514. The Kier molecular flexibility index (Phi) is 2.64. The minimum absolute atomic E-state index is 0.270. The molecule has 0 aliphatic carbocycles. The third kappa shape index (κ3) is 2.06. The van der Waals surface area contributed by atoms with Gasteiger partial charge in [-0.2, -0.15) is 0 Å². The van der Waals surface area contributed by atoms with Crippen LogP contribution >= 0.6 is 0 Å². The van der Waals surface area contributed by atoms with E-state index < -0.39 is 0 Å². The Balaban J connectivity index is 2.55. The standard InChI is InChI=1S/C8H10N2O/c1-7(5-9-6-11)8-3-2-4-10-8/h2-4,7,10H,5H2,1H3. The molecule has 0 aromatic carbocycles. The van der Waals surface area contributed by atoms with Crippen LogP contribution in [0, 0.1) is 0 Å². The lowest BCUT2D eigenvalue weighted by Crippen LogP contribution is -1.97. The lowest BCUT2D eigenvalue weighted by Gasteiger charge is -2.02. The summed E-state index contributed by atoms with van der Waals surface area (Å²) >= 11 is 0. The van der Waals surface area contributed by atoms with E-state index in [1.165, 1.54) is 6.08 Å². The molecule has 0 saturated heterocycles. The van der Waals surface area contributed by atoms with Gasteiger partial charge in [-0.25, -0.2) is 9.79 Å². The summed E-state index contributed by atoms with van der Waals surface area (Å²) in [5.41, 5.74) is 1.10.